The first-order valence-electron chi connectivity index (χ1n) is 6.39. The van der Waals surface area contributed by atoms with Crippen molar-refractivity contribution in [2.24, 2.45) is 0 Å². The van der Waals surface area contributed by atoms with E-state index in [1.54, 1.807) is 0 Å². The molecule has 17 heavy (non-hydrogen) atoms. The van der Waals surface area contributed by atoms with E-state index in [2.05, 4.69) is 50.4 Å². The summed E-state index contributed by atoms with van der Waals surface area (Å²) in [5.74, 6) is 0.621. The Labute approximate surface area is 110 Å². The maximum absolute atomic E-state index is 5.97. The van der Waals surface area contributed by atoms with Gasteiger partial charge in [-0.3, -0.25) is 4.68 Å². The zero-order valence-electron chi connectivity index (χ0n) is 11.3. The van der Waals surface area contributed by atoms with E-state index in [1.807, 2.05) is 4.68 Å². The van der Waals surface area contributed by atoms with Crippen LogP contribution in [0.25, 0.3) is 0 Å². The average Bonchev–Trinajstić information content (AvgIpc) is 2.84. The minimum absolute atomic E-state index is 0.00169. The second kappa shape index (κ2) is 6.41. The van der Waals surface area contributed by atoms with Gasteiger partial charge >= 0.3 is 0 Å². The van der Waals surface area contributed by atoms with Gasteiger partial charge in [-0.25, -0.2) is 0 Å². The molecule has 0 aliphatic carbocycles. The summed E-state index contributed by atoms with van der Waals surface area (Å²) in [6, 6.07) is 2.54. The molecule has 0 aliphatic rings. The molecule has 4 heteroatoms. The number of halogens is 1. The molecule has 0 fully saturated rings. The number of hydrogen-bond donors (Lipinski definition) is 1. The van der Waals surface area contributed by atoms with E-state index in [1.165, 1.54) is 0 Å². The Morgan fingerprint density at radius 3 is 2.76 bits per heavy atom. The van der Waals surface area contributed by atoms with Crippen molar-refractivity contribution in [1.82, 2.24) is 15.1 Å². The molecule has 0 saturated heterocycles. The van der Waals surface area contributed by atoms with E-state index < -0.39 is 0 Å². The molecule has 0 radical (unpaired) electrons. The van der Waals surface area contributed by atoms with Crippen molar-refractivity contribution in [3.8, 4) is 0 Å². The largest absolute Gasteiger partial charge is 0.305 e. The summed E-state index contributed by atoms with van der Waals surface area (Å²) in [6.07, 6.45) is 4.17. The summed E-state index contributed by atoms with van der Waals surface area (Å²) < 4.78 is 2.03. The smallest absolute Gasteiger partial charge is 0.0762 e. The van der Waals surface area contributed by atoms with E-state index >= 15 is 0 Å². The highest BCUT2D eigenvalue weighted by Crippen LogP contribution is 2.13. The first-order chi connectivity index (χ1) is 8.04. The van der Waals surface area contributed by atoms with Crippen molar-refractivity contribution in [1.29, 1.82) is 0 Å². The lowest BCUT2D eigenvalue weighted by atomic mass is 10.0. The van der Waals surface area contributed by atoms with Crippen molar-refractivity contribution < 1.29 is 0 Å². The molecule has 0 spiro atoms. The zero-order valence-corrected chi connectivity index (χ0v) is 12.1. The van der Waals surface area contributed by atoms with Crippen LogP contribution >= 0.6 is 11.6 Å². The van der Waals surface area contributed by atoms with Crippen LogP contribution in [0.4, 0.5) is 0 Å². The SMILES string of the molecule is CCC(C)n1ccc(CNC(C)(CC)CCl)n1. The van der Waals surface area contributed by atoms with Gasteiger partial charge in [-0.2, -0.15) is 5.10 Å². The third-order valence-corrected chi connectivity index (χ3v) is 4.07. The molecule has 3 nitrogen and oxygen atoms in total. The Hall–Kier alpha value is -0.540. The highest BCUT2D eigenvalue weighted by atomic mass is 35.5. The third kappa shape index (κ3) is 4.00. The van der Waals surface area contributed by atoms with E-state index in [0.717, 1.165) is 25.1 Å². The Kier molecular flexibility index (Phi) is 5.47. The molecular weight excluding hydrogens is 234 g/mol. The van der Waals surface area contributed by atoms with Crippen LogP contribution in [0.1, 0.15) is 52.3 Å². The molecular formula is C13H24ClN3. The van der Waals surface area contributed by atoms with Gasteiger partial charge in [0.2, 0.25) is 0 Å². The highest BCUT2D eigenvalue weighted by molar-refractivity contribution is 6.18. The molecule has 1 aromatic rings. The quantitative estimate of drug-likeness (QED) is 0.760. The number of hydrogen-bond acceptors (Lipinski definition) is 2. The molecule has 1 aromatic heterocycles. The summed E-state index contributed by atoms with van der Waals surface area (Å²) >= 11 is 5.97. The van der Waals surface area contributed by atoms with E-state index in [4.69, 9.17) is 11.6 Å². The Balaban J connectivity index is 2.55. The molecule has 2 atom stereocenters. The molecule has 0 aromatic carbocycles. The van der Waals surface area contributed by atoms with Crippen LogP contribution in [0.3, 0.4) is 0 Å². The van der Waals surface area contributed by atoms with Crippen LogP contribution in [0.2, 0.25) is 0 Å². The molecule has 1 heterocycles. The maximum atomic E-state index is 5.97. The predicted octanol–water partition coefficient (Wildman–Crippen LogP) is 3.35. The van der Waals surface area contributed by atoms with Gasteiger partial charge in [0, 0.05) is 30.2 Å². The summed E-state index contributed by atoms with van der Waals surface area (Å²) in [7, 11) is 0. The number of nitrogens with one attached hydrogen (secondary N) is 1. The first-order valence-corrected chi connectivity index (χ1v) is 6.93. The van der Waals surface area contributed by atoms with Crippen LogP contribution in [-0.4, -0.2) is 21.2 Å². The number of aromatic nitrogens is 2. The second-order valence-electron chi connectivity index (χ2n) is 4.95. The normalized spacial score (nSPS) is 16.8. The Morgan fingerprint density at radius 1 is 1.53 bits per heavy atom. The fraction of sp³-hybridized carbons (Fsp3) is 0.769. The van der Waals surface area contributed by atoms with Crippen LogP contribution in [0.5, 0.6) is 0 Å². The van der Waals surface area contributed by atoms with Crippen molar-refractivity contribution in [2.75, 3.05) is 5.88 Å². The number of alkyl halides is 1. The number of nitrogens with zero attached hydrogens (tertiary/aromatic N) is 2. The third-order valence-electron chi connectivity index (χ3n) is 3.48. The van der Waals surface area contributed by atoms with E-state index in [-0.39, 0.29) is 5.54 Å². The zero-order chi connectivity index (χ0) is 12.9. The van der Waals surface area contributed by atoms with Crippen LogP contribution in [-0.2, 0) is 6.54 Å². The topological polar surface area (TPSA) is 29.9 Å². The minimum Gasteiger partial charge on any atom is -0.305 e. The van der Waals surface area contributed by atoms with E-state index in [9.17, 15) is 0 Å². The van der Waals surface area contributed by atoms with Crippen LogP contribution in [0.15, 0.2) is 12.3 Å². The fourth-order valence-electron chi connectivity index (χ4n) is 1.47. The average molecular weight is 258 g/mol. The molecule has 2 unspecified atom stereocenters. The Morgan fingerprint density at radius 2 is 2.24 bits per heavy atom. The fourth-order valence-corrected chi connectivity index (χ4v) is 1.76. The molecule has 0 aliphatic heterocycles. The minimum atomic E-state index is 0.00169. The van der Waals surface area contributed by atoms with Gasteiger partial charge in [-0.05, 0) is 32.8 Å². The number of rotatable bonds is 7. The lowest BCUT2D eigenvalue weighted by Gasteiger charge is -2.26. The summed E-state index contributed by atoms with van der Waals surface area (Å²) in [5.41, 5.74) is 1.08. The van der Waals surface area contributed by atoms with Crippen molar-refractivity contribution >= 4 is 11.6 Å². The second-order valence-corrected chi connectivity index (χ2v) is 5.21. The van der Waals surface area contributed by atoms with Gasteiger partial charge in [0.05, 0.1) is 5.69 Å². The van der Waals surface area contributed by atoms with E-state index in [0.29, 0.717) is 11.9 Å². The molecule has 1 N–H and O–H groups in total. The molecule has 0 bridgehead atoms. The summed E-state index contributed by atoms with van der Waals surface area (Å²) in [4.78, 5) is 0. The van der Waals surface area contributed by atoms with Gasteiger partial charge in [-0.1, -0.05) is 13.8 Å². The Bertz CT molecular complexity index is 331. The molecule has 98 valence electrons. The summed E-state index contributed by atoms with van der Waals surface area (Å²) in [5, 5.41) is 8.04. The van der Waals surface area contributed by atoms with Gasteiger partial charge in [0.1, 0.15) is 0 Å². The lowest BCUT2D eigenvalue weighted by molar-refractivity contribution is 0.374. The summed E-state index contributed by atoms with van der Waals surface area (Å²) in [6.45, 7) is 9.42. The standard InChI is InChI=1S/C13H24ClN3/c1-5-11(3)17-8-7-12(16-17)9-15-13(4,6-2)10-14/h7-8,11,15H,5-6,9-10H2,1-4H3. The lowest BCUT2D eigenvalue weighted by Crippen LogP contribution is -2.43. The van der Waals surface area contributed by atoms with Crippen LogP contribution in [0, 0.1) is 0 Å². The predicted molar refractivity (Wildman–Crippen MR) is 73.5 cm³/mol. The van der Waals surface area contributed by atoms with Crippen molar-refractivity contribution in [3.05, 3.63) is 18.0 Å². The van der Waals surface area contributed by atoms with Gasteiger partial charge in [-0.15, -0.1) is 11.6 Å². The van der Waals surface area contributed by atoms with Crippen LogP contribution < -0.4 is 5.32 Å². The highest BCUT2D eigenvalue weighted by Gasteiger charge is 2.20. The molecule has 0 saturated carbocycles. The van der Waals surface area contributed by atoms with Gasteiger partial charge < -0.3 is 5.32 Å². The molecule has 1 rings (SSSR count). The van der Waals surface area contributed by atoms with Crippen molar-refractivity contribution in [2.45, 2.75) is 58.7 Å². The maximum Gasteiger partial charge on any atom is 0.0762 e. The van der Waals surface area contributed by atoms with Gasteiger partial charge in [0.25, 0.3) is 0 Å². The van der Waals surface area contributed by atoms with Gasteiger partial charge in [0.15, 0.2) is 0 Å². The molecule has 0 amide bonds. The monoisotopic (exact) mass is 257 g/mol. The first kappa shape index (κ1) is 14.5. The van der Waals surface area contributed by atoms with Crippen molar-refractivity contribution in [3.63, 3.8) is 0 Å².